The van der Waals surface area contributed by atoms with Crippen molar-refractivity contribution in [3.05, 3.63) is 24.3 Å². The summed E-state index contributed by atoms with van der Waals surface area (Å²) in [6, 6.07) is 7.07. The number of hydrogen-bond acceptors (Lipinski definition) is 4. The van der Waals surface area contributed by atoms with Crippen molar-refractivity contribution in [2.24, 2.45) is 5.84 Å². The third-order valence-corrected chi connectivity index (χ3v) is 2.54. The van der Waals surface area contributed by atoms with Gasteiger partial charge in [0.25, 0.3) is 11.8 Å². The Balaban J connectivity index is 2.35. The van der Waals surface area contributed by atoms with Crippen molar-refractivity contribution in [2.75, 3.05) is 11.4 Å². The van der Waals surface area contributed by atoms with E-state index in [1.807, 2.05) is 11.5 Å². The quantitative estimate of drug-likeness (QED) is 0.422. The molecule has 1 aliphatic heterocycles. The van der Waals surface area contributed by atoms with Gasteiger partial charge in [-0.2, -0.15) is 0 Å². The molecule has 1 heterocycles. The van der Waals surface area contributed by atoms with Crippen molar-refractivity contribution < 1.29 is 14.3 Å². The smallest absolute Gasteiger partial charge is 0.268 e. The van der Waals surface area contributed by atoms with Gasteiger partial charge in [-0.15, -0.1) is 0 Å². The summed E-state index contributed by atoms with van der Waals surface area (Å²) in [6.45, 7) is 1.53. The molecule has 0 aromatic heterocycles. The van der Waals surface area contributed by atoms with Crippen molar-refractivity contribution in [3.8, 4) is 5.75 Å². The number of fused-ring (bicyclic) bond motifs is 1. The minimum Gasteiger partial charge on any atom is -0.479 e. The molecule has 0 saturated carbocycles. The molecule has 1 atom stereocenters. The van der Waals surface area contributed by atoms with Gasteiger partial charge in [-0.3, -0.25) is 19.9 Å². The number of amides is 2. The van der Waals surface area contributed by atoms with E-state index in [-0.39, 0.29) is 12.5 Å². The summed E-state index contributed by atoms with van der Waals surface area (Å²) in [5, 5.41) is 0. The average molecular weight is 235 g/mol. The topological polar surface area (TPSA) is 84.7 Å². The molecule has 90 valence electrons. The second-order valence-corrected chi connectivity index (χ2v) is 3.72. The number of rotatable bonds is 2. The van der Waals surface area contributed by atoms with Gasteiger partial charge in [0.2, 0.25) is 0 Å². The first kappa shape index (κ1) is 11.4. The number of hydrogen-bond donors (Lipinski definition) is 2. The molecule has 2 amide bonds. The van der Waals surface area contributed by atoms with Gasteiger partial charge in [0, 0.05) is 0 Å². The highest BCUT2D eigenvalue weighted by molar-refractivity contribution is 6.03. The molecule has 0 radical (unpaired) electrons. The van der Waals surface area contributed by atoms with Gasteiger partial charge < -0.3 is 4.74 Å². The Hall–Kier alpha value is -2.08. The molecule has 0 fully saturated rings. The summed E-state index contributed by atoms with van der Waals surface area (Å²) in [5.41, 5.74) is 2.59. The summed E-state index contributed by atoms with van der Waals surface area (Å²) in [7, 11) is 0. The third kappa shape index (κ3) is 2.07. The Morgan fingerprint density at radius 2 is 2.24 bits per heavy atom. The molecule has 1 unspecified atom stereocenters. The molecule has 1 aliphatic rings. The summed E-state index contributed by atoms with van der Waals surface area (Å²) in [4.78, 5) is 24.6. The Kier molecular flexibility index (Phi) is 2.97. The standard InChI is InChI=1S/C11H13N3O3/c1-7-11(16)14(6-10(15)13-12)8-4-2-3-5-9(8)17-7/h2-5,7H,6,12H2,1H3,(H,13,15). The van der Waals surface area contributed by atoms with Crippen LogP contribution in [0.3, 0.4) is 0 Å². The van der Waals surface area contributed by atoms with Crippen LogP contribution in [0, 0.1) is 0 Å². The van der Waals surface area contributed by atoms with Gasteiger partial charge in [0.15, 0.2) is 6.10 Å². The van der Waals surface area contributed by atoms with E-state index in [4.69, 9.17) is 10.6 Å². The van der Waals surface area contributed by atoms with Crippen LogP contribution < -0.4 is 20.9 Å². The number of para-hydroxylation sites is 2. The zero-order chi connectivity index (χ0) is 12.4. The van der Waals surface area contributed by atoms with Crippen LogP contribution in [-0.4, -0.2) is 24.5 Å². The maximum Gasteiger partial charge on any atom is 0.268 e. The molecule has 17 heavy (non-hydrogen) atoms. The van der Waals surface area contributed by atoms with Crippen LogP contribution in [0.5, 0.6) is 5.75 Å². The van der Waals surface area contributed by atoms with Crippen molar-refractivity contribution >= 4 is 17.5 Å². The van der Waals surface area contributed by atoms with Crippen LogP contribution in [0.15, 0.2) is 24.3 Å². The zero-order valence-electron chi connectivity index (χ0n) is 9.34. The van der Waals surface area contributed by atoms with Crippen LogP contribution >= 0.6 is 0 Å². The van der Waals surface area contributed by atoms with Gasteiger partial charge in [0.1, 0.15) is 12.3 Å². The van der Waals surface area contributed by atoms with Gasteiger partial charge in [-0.1, -0.05) is 12.1 Å². The lowest BCUT2D eigenvalue weighted by Gasteiger charge is -2.32. The monoisotopic (exact) mass is 235 g/mol. The lowest BCUT2D eigenvalue weighted by Crippen LogP contribution is -2.49. The predicted octanol–water partition coefficient (Wildman–Crippen LogP) is -0.210. The molecule has 6 nitrogen and oxygen atoms in total. The van der Waals surface area contributed by atoms with Crippen molar-refractivity contribution in [1.82, 2.24) is 5.43 Å². The number of carbonyl (C=O) groups excluding carboxylic acids is 2. The van der Waals surface area contributed by atoms with E-state index in [9.17, 15) is 9.59 Å². The van der Waals surface area contributed by atoms with E-state index in [2.05, 4.69) is 0 Å². The molecule has 1 aromatic rings. The number of carbonyl (C=O) groups is 2. The minimum absolute atomic E-state index is 0.111. The third-order valence-electron chi connectivity index (χ3n) is 2.54. The molecule has 0 aliphatic carbocycles. The summed E-state index contributed by atoms with van der Waals surface area (Å²) >= 11 is 0. The number of nitrogens with zero attached hydrogens (tertiary/aromatic N) is 1. The Bertz CT molecular complexity index is 461. The molecule has 3 N–H and O–H groups in total. The van der Waals surface area contributed by atoms with E-state index in [0.717, 1.165) is 0 Å². The van der Waals surface area contributed by atoms with Gasteiger partial charge in [-0.05, 0) is 19.1 Å². The average Bonchev–Trinajstić information content (AvgIpc) is 2.34. The highest BCUT2D eigenvalue weighted by Gasteiger charge is 2.32. The first-order valence-electron chi connectivity index (χ1n) is 5.20. The lowest BCUT2D eigenvalue weighted by atomic mass is 10.2. The molecular formula is C11H13N3O3. The number of nitrogens with one attached hydrogen (secondary N) is 1. The predicted molar refractivity (Wildman–Crippen MR) is 61.2 cm³/mol. The highest BCUT2D eigenvalue weighted by Crippen LogP contribution is 2.33. The van der Waals surface area contributed by atoms with Crippen LogP contribution in [0.2, 0.25) is 0 Å². The Morgan fingerprint density at radius 3 is 2.94 bits per heavy atom. The normalized spacial score (nSPS) is 18.4. The molecule has 0 spiro atoms. The molecule has 0 bridgehead atoms. The maximum absolute atomic E-state index is 11.9. The van der Waals surface area contributed by atoms with Gasteiger partial charge in [0.05, 0.1) is 5.69 Å². The van der Waals surface area contributed by atoms with Gasteiger partial charge in [-0.25, -0.2) is 5.84 Å². The fourth-order valence-corrected chi connectivity index (χ4v) is 1.71. The number of ether oxygens (including phenoxy) is 1. The fraction of sp³-hybridized carbons (Fsp3) is 0.273. The van der Waals surface area contributed by atoms with Crippen LogP contribution in [0.25, 0.3) is 0 Å². The molecule has 6 heteroatoms. The fourth-order valence-electron chi connectivity index (χ4n) is 1.71. The van der Waals surface area contributed by atoms with Crippen molar-refractivity contribution in [2.45, 2.75) is 13.0 Å². The van der Waals surface area contributed by atoms with E-state index in [1.165, 1.54) is 4.90 Å². The molecular weight excluding hydrogens is 222 g/mol. The van der Waals surface area contributed by atoms with Crippen molar-refractivity contribution in [1.29, 1.82) is 0 Å². The lowest BCUT2D eigenvalue weighted by molar-refractivity contribution is -0.128. The van der Waals surface area contributed by atoms with E-state index < -0.39 is 12.0 Å². The molecule has 0 saturated heterocycles. The second kappa shape index (κ2) is 4.42. The van der Waals surface area contributed by atoms with Crippen LogP contribution in [-0.2, 0) is 9.59 Å². The largest absolute Gasteiger partial charge is 0.479 e. The zero-order valence-corrected chi connectivity index (χ0v) is 9.34. The van der Waals surface area contributed by atoms with Crippen LogP contribution in [0.1, 0.15) is 6.92 Å². The molecule has 1 aromatic carbocycles. The SMILES string of the molecule is CC1Oc2ccccc2N(CC(=O)NN)C1=O. The van der Waals surface area contributed by atoms with Crippen molar-refractivity contribution in [3.63, 3.8) is 0 Å². The Morgan fingerprint density at radius 1 is 1.53 bits per heavy atom. The van der Waals surface area contributed by atoms with E-state index in [0.29, 0.717) is 11.4 Å². The summed E-state index contributed by atoms with van der Waals surface area (Å²) in [5.74, 6) is 4.92. The summed E-state index contributed by atoms with van der Waals surface area (Å²) < 4.78 is 5.44. The van der Waals surface area contributed by atoms with E-state index in [1.54, 1.807) is 25.1 Å². The van der Waals surface area contributed by atoms with Crippen LogP contribution in [0.4, 0.5) is 5.69 Å². The van der Waals surface area contributed by atoms with E-state index >= 15 is 0 Å². The Labute approximate surface area is 98.3 Å². The van der Waals surface area contributed by atoms with Gasteiger partial charge >= 0.3 is 0 Å². The number of anilines is 1. The first-order valence-corrected chi connectivity index (χ1v) is 5.20. The first-order chi connectivity index (χ1) is 8.13. The molecule has 2 rings (SSSR count). The highest BCUT2D eigenvalue weighted by atomic mass is 16.5. The minimum atomic E-state index is -0.601. The number of hydrazine groups is 1. The maximum atomic E-state index is 11.9. The number of nitrogens with two attached hydrogens (primary N) is 1. The second-order valence-electron chi connectivity index (χ2n) is 3.72. The number of benzene rings is 1. The summed E-state index contributed by atoms with van der Waals surface area (Å²) in [6.07, 6.45) is -0.601.